The first kappa shape index (κ1) is 19.1. The van der Waals surface area contributed by atoms with Gasteiger partial charge in [0, 0.05) is 24.3 Å². The Balaban J connectivity index is 1.80. The zero-order valence-corrected chi connectivity index (χ0v) is 14.8. The van der Waals surface area contributed by atoms with Crippen LogP contribution in [0.4, 0.5) is 4.39 Å². The van der Waals surface area contributed by atoms with Crippen LogP contribution in [0, 0.1) is 19.7 Å². The zero-order chi connectivity index (χ0) is 18.4. The van der Waals surface area contributed by atoms with E-state index in [9.17, 15) is 17.6 Å². The van der Waals surface area contributed by atoms with Crippen molar-refractivity contribution in [1.82, 2.24) is 14.3 Å². The molecule has 1 N–H and O–H groups in total. The van der Waals surface area contributed by atoms with Gasteiger partial charge in [0.25, 0.3) is 5.56 Å². The largest absolute Gasteiger partial charge is 0.492 e. The average Bonchev–Trinajstić information content (AvgIpc) is 2.56. The van der Waals surface area contributed by atoms with Crippen molar-refractivity contribution >= 4 is 10.0 Å². The second-order valence-corrected chi connectivity index (χ2v) is 7.40. The van der Waals surface area contributed by atoms with Gasteiger partial charge in [-0.05, 0) is 38.1 Å². The molecule has 2 aromatic rings. The zero-order valence-electron chi connectivity index (χ0n) is 14.0. The molecule has 0 aliphatic rings. The highest BCUT2D eigenvalue weighted by molar-refractivity contribution is 7.89. The number of hydrogen-bond acceptors (Lipinski definition) is 5. The van der Waals surface area contributed by atoms with Crippen LogP contribution in [0.15, 0.2) is 35.4 Å². The molecular formula is C16H20FN3O4S. The summed E-state index contributed by atoms with van der Waals surface area (Å²) in [7, 11) is -3.55. The fraction of sp³-hybridized carbons (Fsp3) is 0.375. The summed E-state index contributed by atoms with van der Waals surface area (Å²) in [5.41, 5.74) is 1.00. The van der Waals surface area contributed by atoms with Crippen LogP contribution in [0.25, 0.3) is 0 Å². The Hall–Kier alpha value is -2.26. The SMILES string of the molecule is Cc1ncn(CCNS(=O)(=O)CCOc2ccc(F)cc2)c(=O)c1C. The van der Waals surface area contributed by atoms with E-state index in [0.29, 0.717) is 17.0 Å². The molecule has 0 saturated heterocycles. The number of aromatic nitrogens is 2. The molecule has 0 aliphatic carbocycles. The quantitative estimate of drug-likeness (QED) is 0.750. The van der Waals surface area contributed by atoms with E-state index in [-0.39, 0.29) is 31.0 Å². The van der Waals surface area contributed by atoms with Crippen LogP contribution < -0.4 is 15.0 Å². The Bertz CT molecular complexity index is 879. The van der Waals surface area contributed by atoms with E-state index in [0.717, 1.165) is 0 Å². The Labute approximate surface area is 145 Å². The maximum Gasteiger partial charge on any atom is 0.256 e. The van der Waals surface area contributed by atoms with Crippen molar-refractivity contribution < 1.29 is 17.5 Å². The monoisotopic (exact) mass is 369 g/mol. The van der Waals surface area contributed by atoms with Crippen molar-refractivity contribution in [2.75, 3.05) is 18.9 Å². The van der Waals surface area contributed by atoms with Crippen molar-refractivity contribution in [1.29, 1.82) is 0 Å². The molecule has 136 valence electrons. The van der Waals surface area contributed by atoms with Crippen molar-refractivity contribution in [2.24, 2.45) is 0 Å². The Morgan fingerprint density at radius 3 is 2.60 bits per heavy atom. The highest BCUT2D eigenvalue weighted by atomic mass is 32.2. The number of nitrogens with one attached hydrogen (secondary N) is 1. The van der Waals surface area contributed by atoms with Crippen LogP contribution in [0.3, 0.4) is 0 Å². The van der Waals surface area contributed by atoms with Crippen molar-refractivity contribution in [3.63, 3.8) is 0 Å². The molecule has 0 spiro atoms. The van der Waals surface area contributed by atoms with Crippen LogP contribution in [0.5, 0.6) is 5.75 Å². The molecule has 0 bridgehead atoms. The van der Waals surface area contributed by atoms with Gasteiger partial charge in [0.15, 0.2) is 0 Å². The molecule has 1 heterocycles. The van der Waals surface area contributed by atoms with Crippen molar-refractivity contribution in [3.8, 4) is 5.75 Å². The van der Waals surface area contributed by atoms with Gasteiger partial charge in [-0.2, -0.15) is 0 Å². The lowest BCUT2D eigenvalue weighted by Crippen LogP contribution is -2.34. The Morgan fingerprint density at radius 2 is 1.92 bits per heavy atom. The van der Waals surface area contributed by atoms with Gasteiger partial charge in [0.1, 0.15) is 18.2 Å². The summed E-state index contributed by atoms with van der Waals surface area (Å²) in [6.45, 7) is 3.61. The Kier molecular flexibility index (Phi) is 6.27. The molecule has 2 rings (SSSR count). The number of nitrogens with zero attached hydrogens (tertiary/aromatic N) is 2. The van der Waals surface area contributed by atoms with Crippen LogP contribution in [-0.2, 0) is 16.6 Å². The molecule has 9 heteroatoms. The molecule has 25 heavy (non-hydrogen) atoms. The number of rotatable bonds is 8. The second kappa shape index (κ2) is 8.21. The summed E-state index contributed by atoms with van der Waals surface area (Å²) in [5.74, 6) is -0.244. The predicted molar refractivity (Wildman–Crippen MR) is 91.7 cm³/mol. The second-order valence-electron chi connectivity index (χ2n) is 5.47. The molecule has 0 unspecified atom stereocenters. The first-order chi connectivity index (χ1) is 11.8. The summed E-state index contributed by atoms with van der Waals surface area (Å²) in [5, 5.41) is 0. The smallest absolute Gasteiger partial charge is 0.256 e. The summed E-state index contributed by atoms with van der Waals surface area (Å²) in [6.07, 6.45) is 1.40. The minimum atomic E-state index is -3.55. The first-order valence-corrected chi connectivity index (χ1v) is 9.32. The number of aryl methyl sites for hydroxylation is 1. The summed E-state index contributed by atoms with van der Waals surface area (Å²) >= 11 is 0. The minimum Gasteiger partial charge on any atom is -0.492 e. The molecular weight excluding hydrogens is 349 g/mol. The molecule has 0 fully saturated rings. The maximum absolute atomic E-state index is 12.8. The molecule has 0 saturated carbocycles. The van der Waals surface area contributed by atoms with Gasteiger partial charge in [-0.15, -0.1) is 0 Å². The molecule has 1 aromatic carbocycles. The molecule has 0 amide bonds. The summed E-state index contributed by atoms with van der Waals surface area (Å²) < 4.78 is 45.6. The highest BCUT2D eigenvalue weighted by Crippen LogP contribution is 2.10. The van der Waals surface area contributed by atoms with E-state index < -0.39 is 15.8 Å². The molecule has 0 radical (unpaired) electrons. The molecule has 0 aliphatic heterocycles. The number of benzene rings is 1. The standard InChI is InChI=1S/C16H20FN3O4S/c1-12-13(2)18-11-20(16(12)21)8-7-19-25(22,23)10-9-24-15-5-3-14(17)4-6-15/h3-6,11,19H,7-10H2,1-2H3. The molecule has 1 aromatic heterocycles. The number of hydrogen-bond donors (Lipinski definition) is 1. The lowest BCUT2D eigenvalue weighted by Gasteiger charge is -2.10. The molecule has 7 nitrogen and oxygen atoms in total. The number of sulfonamides is 1. The highest BCUT2D eigenvalue weighted by Gasteiger charge is 2.11. The lowest BCUT2D eigenvalue weighted by molar-refractivity contribution is 0.339. The van der Waals surface area contributed by atoms with E-state index in [2.05, 4.69) is 9.71 Å². The minimum absolute atomic E-state index is 0.0634. The number of ether oxygens (including phenoxy) is 1. The van der Waals surface area contributed by atoms with Gasteiger partial charge in [-0.3, -0.25) is 9.36 Å². The third-order valence-electron chi connectivity index (χ3n) is 3.62. The van der Waals surface area contributed by atoms with E-state index in [1.807, 2.05) is 0 Å². The van der Waals surface area contributed by atoms with E-state index in [1.165, 1.54) is 35.2 Å². The normalized spacial score (nSPS) is 11.5. The number of halogens is 1. The topological polar surface area (TPSA) is 90.3 Å². The summed E-state index contributed by atoms with van der Waals surface area (Å²) in [6, 6.07) is 5.32. The third kappa shape index (κ3) is 5.64. The fourth-order valence-corrected chi connectivity index (χ4v) is 2.88. The van der Waals surface area contributed by atoms with Gasteiger partial charge < -0.3 is 4.74 Å². The van der Waals surface area contributed by atoms with E-state index in [4.69, 9.17) is 4.74 Å². The van der Waals surface area contributed by atoms with Crippen molar-refractivity contribution in [3.05, 3.63) is 58.0 Å². The average molecular weight is 369 g/mol. The van der Waals surface area contributed by atoms with Crippen LogP contribution >= 0.6 is 0 Å². The van der Waals surface area contributed by atoms with Gasteiger partial charge in [-0.1, -0.05) is 0 Å². The molecule has 0 atom stereocenters. The lowest BCUT2D eigenvalue weighted by atomic mass is 10.3. The first-order valence-electron chi connectivity index (χ1n) is 7.67. The van der Waals surface area contributed by atoms with Gasteiger partial charge in [0.05, 0.1) is 12.1 Å². The predicted octanol–water partition coefficient (Wildman–Crippen LogP) is 0.998. The van der Waals surface area contributed by atoms with Gasteiger partial charge in [-0.25, -0.2) is 22.5 Å². The van der Waals surface area contributed by atoms with Gasteiger partial charge >= 0.3 is 0 Å². The maximum atomic E-state index is 12.8. The van der Waals surface area contributed by atoms with E-state index in [1.54, 1.807) is 13.8 Å². The fourth-order valence-electron chi connectivity index (χ4n) is 2.03. The third-order valence-corrected chi connectivity index (χ3v) is 4.97. The van der Waals surface area contributed by atoms with Crippen LogP contribution in [0.1, 0.15) is 11.3 Å². The van der Waals surface area contributed by atoms with Crippen molar-refractivity contribution in [2.45, 2.75) is 20.4 Å². The summed E-state index contributed by atoms with van der Waals surface area (Å²) in [4.78, 5) is 16.1. The van der Waals surface area contributed by atoms with Crippen LogP contribution in [-0.4, -0.2) is 36.9 Å². The Morgan fingerprint density at radius 1 is 1.24 bits per heavy atom. The van der Waals surface area contributed by atoms with E-state index >= 15 is 0 Å². The van der Waals surface area contributed by atoms with Crippen LogP contribution in [0.2, 0.25) is 0 Å². The van der Waals surface area contributed by atoms with Gasteiger partial charge in [0.2, 0.25) is 10.0 Å².